The lowest BCUT2D eigenvalue weighted by Crippen LogP contribution is -2.04. The summed E-state index contributed by atoms with van der Waals surface area (Å²) in [4.78, 5) is 16.1. The molecule has 0 unspecified atom stereocenters. The zero-order valence-electron chi connectivity index (χ0n) is 8.70. The number of carbonyl (C=O) groups excluding carboxylic acids is 1. The van der Waals surface area contributed by atoms with Gasteiger partial charge in [0.15, 0.2) is 0 Å². The van der Waals surface area contributed by atoms with Gasteiger partial charge in [0.2, 0.25) is 5.78 Å². The van der Waals surface area contributed by atoms with Gasteiger partial charge in [-0.05, 0) is 28.6 Å². The zero-order chi connectivity index (χ0) is 12.3. The first-order chi connectivity index (χ1) is 8.74. The lowest BCUT2D eigenvalue weighted by molar-refractivity contribution is 0.103. The number of benzene rings is 1. The summed E-state index contributed by atoms with van der Waals surface area (Å²) in [6, 6.07) is 3.91. The Balaban J connectivity index is 2.13. The fourth-order valence-electron chi connectivity index (χ4n) is 1.98. The molecule has 7 nitrogen and oxygen atoms in total. The van der Waals surface area contributed by atoms with Gasteiger partial charge in [0.05, 0.1) is 0 Å². The fraction of sp³-hybridized carbons (Fsp3) is 0. The van der Waals surface area contributed by atoms with E-state index in [0.29, 0.717) is 16.8 Å². The number of hydrogen-bond donors (Lipinski definition) is 0. The van der Waals surface area contributed by atoms with E-state index >= 15 is 0 Å². The molecule has 0 spiro atoms. The van der Waals surface area contributed by atoms with E-state index in [9.17, 15) is 9.18 Å². The second-order valence-corrected chi connectivity index (χ2v) is 3.80. The lowest BCUT2D eigenvalue weighted by Gasteiger charge is -1.97. The minimum atomic E-state index is -0.437. The van der Waals surface area contributed by atoms with Gasteiger partial charge < -0.3 is 0 Å². The largest absolute Gasteiger partial charge is 0.292 e. The summed E-state index contributed by atoms with van der Waals surface area (Å²) >= 11 is 0. The third-order valence-corrected chi connectivity index (χ3v) is 2.77. The lowest BCUT2D eigenvalue weighted by atomic mass is 10.1. The molecule has 0 aliphatic heterocycles. The molecule has 0 N–H and O–H groups in total. The number of tetrazole rings is 1. The average molecular weight is 242 g/mol. The van der Waals surface area contributed by atoms with Crippen molar-refractivity contribution >= 4 is 11.6 Å². The van der Waals surface area contributed by atoms with Crippen molar-refractivity contribution in [2.45, 2.75) is 0 Å². The summed E-state index contributed by atoms with van der Waals surface area (Å²) in [5.41, 5.74) is 1.25. The molecule has 3 aromatic rings. The van der Waals surface area contributed by atoms with Crippen LogP contribution >= 0.6 is 0 Å². The minimum Gasteiger partial charge on any atom is -0.287 e. The summed E-state index contributed by atoms with van der Waals surface area (Å²) in [5, 5.41) is 14.7. The molecule has 18 heavy (non-hydrogen) atoms. The number of aromatic nitrogens is 6. The number of carbonyl (C=O) groups is 1. The highest BCUT2D eigenvalue weighted by atomic mass is 19.1. The van der Waals surface area contributed by atoms with Crippen molar-refractivity contribution in [1.29, 1.82) is 0 Å². The van der Waals surface area contributed by atoms with Crippen LogP contribution in [-0.2, 0) is 0 Å². The van der Waals surface area contributed by atoms with E-state index < -0.39 is 5.82 Å². The maximum Gasteiger partial charge on any atom is 0.292 e. The fourth-order valence-corrected chi connectivity index (χ4v) is 1.98. The van der Waals surface area contributed by atoms with Crippen LogP contribution < -0.4 is 0 Å². The Kier molecular flexibility index (Phi) is 1.50. The predicted molar refractivity (Wildman–Crippen MR) is 55.2 cm³/mol. The van der Waals surface area contributed by atoms with Gasteiger partial charge in [-0.15, -0.1) is 5.10 Å². The smallest absolute Gasteiger partial charge is 0.287 e. The van der Waals surface area contributed by atoms with Gasteiger partial charge in [0, 0.05) is 11.1 Å². The average Bonchev–Trinajstić information content (AvgIpc) is 2.92. The maximum atomic E-state index is 13.2. The van der Waals surface area contributed by atoms with Gasteiger partial charge in [-0.2, -0.15) is 0 Å². The maximum absolute atomic E-state index is 13.2. The van der Waals surface area contributed by atoms with Crippen molar-refractivity contribution in [2.24, 2.45) is 0 Å². The molecule has 0 bridgehead atoms. The van der Waals surface area contributed by atoms with Crippen molar-refractivity contribution in [3.63, 3.8) is 0 Å². The predicted octanol–water partition coefficient (Wildman–Crippen LogP) is 0.265. The van der Waals surface area contributed by atoms with Gasteiger partial charge in [-0.1, -0.05) is 9.73 Å². The van der Waals surface area contributed by atoms with Gasteiger partial charge in [0.1, 0.15) is 17.2 Å². The quantitative estimate of drug-likeness (QED) is 0.439. The normalized spacial score (nSPS) is 12.8. The molecule has 4 rings (SSSR count). The van der Waals surface area contributed by atoms with E-state index in [-0.39, 0.29) is 17.3 Å². The molecule has 0 saturated carbocycles. The molecule has 0 atom stereocenters. The zero-order valence-corrected chi connectivity index (χ0v) is 8.70. The Morgan fingerprint density at radius 1 is 1.17 bits per heavy atom. The molecule has 8 heteroatoms. The number of hydrogen-bond acceptors (Lipinski definition) is 6. The first kappa shape index (κ1) is 9.28. The molecule has 0 radical (unpaired) electrons. The highest BCUT2D eigenvalue weighted by molar-refractivity contribution is 6.19. The minimum absolute atomic E-state index is 0.135. The molecule has 86 valence electrons. The van der Waals surface area contributed by atoms with Crippen LogP contribution in [0, 0.1) is 5.82 Å². The number of fused-ring (bicyclic) bond motifs is 4. The van der Waals surface area contributed by atoms with Gasteiger partial charge in [0.25, 0.3) is 5.78 Å². The summed E-state index contributed by atoms with van der Waals surface area (Å²) in [6.07, 6.45) is 0. The van der Waals surface area contributed by atoms with E-state index in [0.717, 1.165) is 4.63 Å². The highest BCUT2D eigenvalue weighted by Gasteiger charge is 2.31. The van der Waals surface area contributed by atoms with Crippen LogP contribution in [0.15, 0.2) is 18.2 Å². The molecule has 0 amide bonds. The van der Waals surface area contributed by atoms with Gasteiger partial charge >= 0.3 is 0 Å². The van der Waals surface area contributed by atoms with Crippen molar-refractivity contribution in [1.82, 2.24) is 30.2 Å². The SMILES string of the molecule is O=C1c2ccc(F)cc2-c2nn3nnnc3nc21. The topological polar surface area (TPSA) is 85.9 Å². The number of rotatable bonds is 0. The first-order valence-corrected chi connectivity index (χ1v) is 5.05. The van der Waals surface area contributed by atoms with Crippen molar-refractivity contribution in [2.75, 3.05) is 0 Å². The van der Waals surface area contributed by atoms with E-state index in [1.165, 1.54) is 18.2 Å². The van der Waals surface area contributed by atoms with Crippen LogP contribution in [0.5, 0.6) is 0 Å². The van der Waals surface area contributed by atoms with E-state index in [2.05, 4.69) is 25.6 Å². The van der Waals surface area contributed by atoms with E-state index in [4.69, 9.17) is 0 Å². The van der Waals surface area contributed by atoms with E-state index in [1.807, 2.05) is 0 Å². The first-order valence-electron chi connectivity index (χ1n) is 5.05. The van der Waals surface area contributed by atoms with Crippen LogP contribution in [-0.4, -0.2) is 36.0 Å². The third-order valence-electron chi connectivity index (χ3n) is 2.77. The molecule has 2 aromatic heterocycles. The third kappa shape index (κ3) is 1.01. The molecule has 0 fully saturated rings. The van der Waals surface area contributed by atoms with Crippen LogP contribution in [0.25, 0.3) is 17.0 Å². The molecule has 1 aliphatic carbocycles. The summed E-state index contributed by atoms with van der Waals surface area (Å²) < 4.78 is 14.3. The molecule has 2 heterocycles. The molecule has 1 aromatic carbocycles. The summed E-state index contributed by atoms with van der Waals surface area (Å²) in [6.45, 7) is 0. The Morgan fingerprint density at radius 3 is 2.94 bits per heavy atom. The standard InChI is InChI=1S/C10H3FN6O/c11-4-1-2-5-6(3-4)7-8(9(5)18)12-10-13-15-16-17(10)14-7/h1-3H. The Morgan fingerprint density at radius 2 is 2.06 bits per heavy atom. The molecule has 1 aliphatic rings. The molecular weight excluding hydrogens is 239 g/mol. The molecular formula is C10H3FN6O. The second-order valence-electron chi connectivity index (χ2n) is 3.80. The summed E-state index contributed by atoms with van der Waals surface area (Å²) in [7, 11) is 0. The summed E-state index contributed by atoms with van der Waals surface area (Å²) in [5.74, 6) is -0.596. The Bertz CT molecular complexity index is 826. The monoisotopic (exact) mass is 242 g/mol. The number of ketones is 1. The van der Waals surface area contributed by atoms with Crippen molar-refractivity contribution < 1.29 is 9.18 Å². The van der Waals surface area contributed by atoms with Crippen molar-refractivity contribution in [3.8, 4) is 11.3 Å². The number of nitrogens with zero attached hydrogens (tertiary/aromatic N) is 6. The van der Waals surface area contributed by atoms with Gasteiger partial charge in [-0.25, -0.2) is 9.37 Å². The van der Waals surface area contributed by atoms with Crippen LogP contribution in [0.2, 0.25) is 0 Å². The van der Waals surface area contributed by atoms with Crippen LogP contribution in [0.3, 0.4) is 0 Å². The van der Waals surface area contributed by atoms with Crippen molar-refractivity contribution in [3.05, 3.63) is 35.3 Å². The van der Waals surface area contributed by atoms with Crippen LogP contribution in [0.1, 0.15) is 16.1 Å². The van der Waals surface area contributed by atoms with Crippen LogP contribution in [0.4, 0.5) is 4.39 Å². The Hall–Kier alpha value is -2.77. The Labute approximate surface area is 98.3 Å². The van der Waals surface area contributed by atoms with E-state index in [1.54, 1.807) is 0 Å². The highest BCUT2D eigenvalue weighted by Crippen LogP contribution is 2.33. The van der Waals surface area contributed by atoms with Gasteiger partial charge in [-0.3, -0.25) is 4.79 Å². The second kappa shape index (κ2) is 2.92. The number of halogens is 1. The molecule has 0 saturated heterocycles.